The first kappa shape index (κ1) is 14.5. The van der Waals surface area contributed by atoms with Gasteiger partial charge in [-0.15, -0.1) is 0 Å². The topological polar surface area (TPSA) is 123 Å². The molecule has 0 atom stereocenters. The van der Waals surface area contributed by atoms with Gasteiger partial charge in [-0.2, -0.15) is 5.26 Å². The van der Waals surface area contributed by atoms with Crippen molar-refractivity contribution >= 4 is 15.9 Å². The number of ether oxygens (including phenoxy) is 1. The van der Waals surface area contributed by atoms with Crippen LogP contribution in [0.1, 0.15) is 11.3 Å². The van der Waals surface area contributed by atoms with Crippen molar-refractivity contribution in [2.45, 2.75) is 5.03 Å². The summed E-state index contributed by atoms with van der Waals surface area (Å²) < 4.78 is 27.2. The molecule has 0 aliphatic heterocycles. The zero-order chi connectivity index (χ0) is 14.5. The molecular formula is C11H9N3O4S. The molecule has 0 bridgehead atoms. The Hall–Kier alpha value is -2.58. The third-order valence-corrected chi connectivity index (χ3v) is 2.85. The van der Waals surface area contributed by atoms with Crippen molar-refractivity contribution in [2.75, 3.05) is 12.9 Å². The van der Waals surface area contributed by atoms with E-state index in [1.807, 2.05) is 0 Å². The lowest BCUT2D eigenvalue weighted by atomic mass is 10.2. The van der Waals surface area contributed by atoms with Crippen LogP contribution in [0.5, 0.6) is 0 Å². The highest BCUT2D eigenvalue weighted by molar-refractivity contribution is 7.90. The summed E-state index contributed by atoms with van der Waals surface area (Å²) >= 11 is 0. The number of carbonyl (C=O) groups is 1. The van der Waals surface area contributed by atoms with Crippen molar-refractivity contribution in [1.29, 1.82) is 5.26 Å². The summed E-state index contributed by atoms with van der Waals surface area (Å²) in [6.45, 7) is -0.231. The van der Waals surface area contributed by atoms with Gasteiger partial charge < -0.3 is 10.5 Å². The van der Waals surface area contributed by atoms with Crippen LogP contribution in [0.2, 0.25) is 0 Å². The Morgan fingerprint density at radius 2 is 2.21 bits per heavy atom. The first-order valence-corrected chi connectivity index (χ1v) is 6.76. The van der Waals surface area contributed by atoms with Gasteiger partial charge in [-0.3, -0.25) is 0 Å². The maximum Gasteiger partial charge on any atom is 0.405 e. The van der Waals surface area contributed by atoms with Crippen molar-refractivity contribution in [2.24, 2.45) is 5.73 Å². The molecule has 8 heteroatoms. The van der Waals surface area contributed by atoms with E-state index in [-0.39, 0.29) is 22.9 Å². The van der Waals surface area contributed by atoms with Crippen LogP contribution in [0.4, 0.5) is 4.79 Å². The molecule has 2 N–H and O–H groups in total. The van der Waals surface area contributed by atoms with Crippen LogP contribution in [0.3, 0.4) is 0 Å². The van der Waals surface area contributed by atoms with Gasteiger partial charge in [0.15, 0.2) is 21.5 Å². The Kier molecular flexibility index (Phi) is 4.46. The molecule has 0 radical (unpaired) electrons. The molecule has 1 heterocycles. The van der Waals surface area contributed by atoms with Gasteiger partial charge in [0.05, 0.1) is 5.56 Å². The summed E-state index contributed by atoms with van der Waals surface area (Å²) in [4.78, 5) is 14.1. The molecule has 7 nitrogen and oxygen atoms in total. The number of hydrogen-bond acceptors (Lipinski definition) is 6. The van der Waals surface area contributed by atoms with Gasteiger partial charge in [0.1, 0.15) is 11.8 Å². The van der Waals surface area contributed by atoms with Crippen LogP contribution >= 0.6 is 0 Å². The lowest BCUT2D eigenvalue weighted by molar-refractivity contribution is 0.171. The minimum Gasteiger partial charge on any atom is -0.437 e. The third-order valence-electron chi connectivity index (χ3n) is 1.83. The molecule has 1 amide bonds. The van der Waals surface area contributed by atoms with Gasteiger partial charge >= 0.3 is 6.09 Å². The molecule has 0 aliphatic carbocycles. The number of nitrogens with zero attached hydrogens (tertiary/aromatic N) is 2. The summed E-state index contributed by atoms with van der Waals surface area (Å²) in [5.74, 6) is 4.93. The van der Waals surface area contributed by atoms with Gasteiger partial charge in [0.25, 0.3) is 0 Å². The van der Waals surface area contributed by atoms with Gasteiger partial charge in [-0.1, -0.05) is 5.92 Å². The van der Waals surface area contributed by atoms with E-state index in [4.69, 9.17) is 11.0 Å². The van der Waals surface area contributed by atoms with E-state index in [9.17, 15) is 13.2 Å². The molecule has 0 saturated carbocycles. The fourth-order valence-corrected chi connectivity index (χ4v) is 1.89. The van der Waals surface area contributed by atoms with Crippen molar-refractivity contribution < 1.29 is 17.9 Å². The zero-order valence-electron chi connectivity index (χ0n) is 9.87. The number of nitrogens with two attached hydrogens (primary N) is 1. The summed E-state index contributed by atoms with van der Waals surface area (Å²) in [6.07, 6.45) is -0.0113. The molecule has 0 aromatic carbocycles. The quantitative estimate of drug-likeness (QED) is 0.748. The van der Waals surface area contributed by atoms with Crippen LogP contribution in [-0.2, 0) is 14.6 Å². The smallest absolute Gasteiger partial charge is 0.405 e. The predicted molar refractivity (Wildman–Crippen MR) is 64.5 cm³/mol. The maximum atomic E-state index is 11.4. The molecule has 19 heavy (non-hydrogen) atoms. The Labute approximate surface area is 109 Å². The number of primary amides is 1. The lowest BCUT2D eigenvalue weighted by Crippen LogP contribution is -2.12. The van der Waals surface area contributed by atoms with Crippen LogP contribution in [0, 0.1) is 23.2 Å². The number of sulfone groups is 1. The average Bonchev–Trinajstić information content (AvgIpc) is 2.33. The highest BCUT2D eigenvalue weighted by Gasteiger charge is 2.15. The Balaban J connectivity index is 3.07. The van der Waals surface area contributed by atoms with E-state index in [2.05, 4.69) is 21.6 Å². The van der Waals surface area contributed by atoms with E-state index in [1.165, 1.54) is 12.1 Å². The van der Waals surface area contributed by atoms with Gasteiger partial charge in [-0.05, 0) is 18.1 Å². The minimum absolute atomic E-state index is 0.0542. The second-order valence-electron chi connectivity index (χ2n) is 3.34. The number of amides is 1. The van der Waals surface area contributed by atoms with Gasteiger partial charge in [0, 0.05) is 6.26 Å². The largest absolute Gasteiger partial charge is 0.437 e. The van der Waals surface area contributed by atoms with Crippen molar-refractivity contribution in [3.8, 4) is 17.9 Å². The molecule has 0 aliphatic rings. The molecule has 1 aromatic rings. The van der Waals surface area contributed by atoms with E-state index < -0.39 is 15.9 Å². The summed E-state index contributed by atoms with van der Waals surface area (Å²) in [5, 5.41) is 8.45. The molecular weight excluding hydrogens is 270 g/mol. The number of aromatic nitrogens is 1. The van der Waals surface area contributed by atoms with E-state index in [0.717, 1.165) is 6.26 Å². The third kappa shape index (κ3) is 4.30. The second kappa shape index (κ2) is 5.85. The monoisotopic (exact) mass is 279 g/mol. The molecule has 0 saturated heterocycles. The van der Waals surface area contributed by atoms with Crippen LogP contribution in [-0.4, -0.2) is 32.4 Å². The fraction of sp³-hybridized carbons (Fsp3) is 0.182. The van der Waals surface area contributed by atoms with Crippen LogP contribution in [0.25, 0.3) is 0 Å². The fourth-order valence-electron chi connectivity index (χ4n) is 1.11. The van der Waals surface area contributed by atoms with Crippen LogP contribution < -0.4 is 5.73 Å². The molecule has 98 valence electrons. The predicted octanol–water partition coefficient (Wildman–Crippen LogP) is -0.196. The van der Waals surface area contributed by atoms with Crippen molar-refractivity contribution in [1.82, 2.24) is 4.98 Å². The number of hydrogen-bond donors (Lipinski definition) is 1. The van der Waals surface area contributed by atoms with E-state index >= 15 is 0 Å². The maximum absolute atomic E-state index is 11.4. The molecule has 0 spiro atoms. The zero-order valence-corrected chi connectivity index (χ0v) is 10.7. The first-order chi connectivity index (χ1) is 8.84. The summed E-state index contributed by atoms with van der Waals surface area (Å²) in [6, 6.07) is 4.44. The highest BCUT2D eigenvalue weighted by atomic mass is 32.2. The molecule has 0 unspecified atom stereocenters. The standard InChI is InChI=1S/C11H9N3O4S/c1-19(16,17)10-8(7-12)4-5-9(14-10)3-2-6-18-11(13)15/h4-5H,6H2,1H3,(H2,13,15). The van der Waals surface area contributed by atoms with Crippen molar-refractivity contribution in [3.63, 3.8) is 0 Å². The Morgan fingerprint density at radius 1 is 1.53 bits per heavy atom. The molecule has 0 fully saturated rings. The van der Waals surface area contributed by atoms with Crippen LogP contribution in [0.15, 0.2) is 17.2 Å². The summed E-state index contributed by atoms with van der Waals surface area (Å²) in [7, 11) is -3.62. The Bertz CT molecular complexity index is 708. The normalized spacial score (nSPS) is 9.89. The Morgan fingerprint density at radius 3 is 2.74 bits per heavy atom. The lowest BCUT2D eigenvalue weighted by Gasteiger charge is -2.00. The SMILES string of the molecule is CS(=O)(=O)c1nc(C#CCOC(N)=O)ccc1C#N. The highest BCUT2D eigenvalue weighted by Crippen LogP contribution is 2.12. The van der Waals surface area contributed by atoms with E-state index in [0.29, 0.717) is 0 Å². The molecule has 1 aromatic heterocycles. The van der Waals surface area contributed by atoms with Gasteiger partial charge in [-0.25, -0.2) is 18.2 Å². The molecule has 1 rings (SSSR count). The van der Waals surface area contributed by atoms with Crippen molar-refractivity contribution in [3.05, 3.63) is 23.4 Å². The average molecular weight is 279 g/mol. The second-order valence-corrected chi connectivity index (χ2v) is 5.27. The first-order valence-electron chi connectivity index (χ1n) is 4.87. The number of rotatable bonds is 2. The number of carbonyl (C=O) groups excluding carboxylic acids is 1. The van der Waals surface area contributed by atoms with E-state index in [1.54, 1.807) is 6.07 Å². The number of pyridine rings is 1. The minimum atomic E-state index is -3.62. The number of nitriles is 1. The van der Waals surface area contributed by atoms with Gasteiger partial charge in [0.2, 0.25) is 0 Å². The summed E-state index contributed by atoms with van der Waals surface area (Å²) in [5.41, 5.74) is 4.82.